The van der Waals surface area contributed by atoms with Crippen molar-refractivity contribution in [2.24, 2.45) is 7.05 Å². The van der Waals surface area contributed by atoms with Crippen molar-refractivity contribution >= 4 is 5.91 Å². The molecule has 0 fully saturated rings. The molecule has 2 rings (SSSR count). The van der Waals surface area contributed by atoms with Crippen LogP contribution in [0, 0.1) is 5.82 Å². The van der Waals surface area contributed by atoms with Gasteiger partial charge in [0, 0.05) is 12.6 Å². The second-order valence-corrected chi connectivity index (χ2v) is 4.34. The zero-order valence-corrected chi connectivity index (χ0v) is 10.9. The van der Waals surface area contributed by atoms with E-state index in [0.717, 1.165) is 0 Å². The van der Waals surface area contributed by atoms with Gasteiger partial charge in [-0.05, 0) is 30.3 Å². The van der Waals surface area contributed by atoms with Crippen molar-refractivity contribution in [3.63, 3.8) is 0 Å². The van der Waals surface area contributed by atoms with E-state index in [0.29, 0.717) is 11.3 Å². The zero-order valence-electron chi connectivity index (χ0n) is 10.9. The van der Waals surface area contributed by atoms with E-state index < -0.39 is 24.4 Å². The standard InChI is InChI=1S/C13H11F4N3O/c1-20-11(12(21)18-7-13(15,16)17)6-10(19-20)8-2-4-9(14)5-3-8/h2-6H,7H2,1H3,(H,18,21). The van der Waals surface area contributed by atoms with Gasteiger partial charge in [0.05, 0.1) is 5.69 Å². The molecule has 0 aliphatic carbocycles. The van der Waals surface area contributed by atoms with Gasteiger partial charge in [-0.2, -0.15) is 18.3 Å². The Kier molecular flexibility index (Phi) is 3.97. The molecular weight excluding hydrogens is 290 g/mol. The van der Waals surface area contributed by atoms with E-state index >= 15 is 0 Å². The molecule has 1 aromatic carbocycles. The van der Waals surface area contributed by atoms with Crippen molar-refractivity contribution in [2.75, 3.05) is 6.54 Å². The summed E-state index contributed by atoms with van der Waals surface area (Å²) in [6.45, 7) is -1.41. The maximum absolute atomic E-state index is 12.8. The summed E-state index contributed by atoms with van der Waals surface area (Å²) in [7, 11) is 1.44. The molecule has 1 heterocycles. The van der Waals surface area contributed by atoms with Crippen LogP contribution in [0.15, 0.2) is 30.3 Å². The van der Waals surface area contributed by atoms with E-state index in [9.17, 15) is 22.4 Å². The minimum atomic E-state index is -4.48. The largest absolute Gasteiger partial charge is 0.405 e. The van der Waals surface area contributed by atoms with Crippen LogP contribution in [-0.2, 0) is 7.05 Å². The quantitative estimate of drug-likeness (QED) is 0.886. The molecule has 8 heteroatoms. The summed E-state index contributed by atoms with van der Waals surface area (Å²) in [5, 5.41) is 5.80. The molecule has 0 aliphatic heterocycles. The molecule has 0 saturated heterocycles. The number of hydrogen-bond donors (Lipinski definition) is 1. The number of carbonyl (C=O) groups is 1. The minimum Gasteiger partial charge on any atom is -0.342 e. The van der Waals surface area contributed by atoms with Gasteiger partial charge in [-0.1, -0.05) is 0 Å². The van der Waals surface area contributed by atoms with Crippen LogP contribution in [0.2, 0.25) is 0 Å². The van der Waals surface area contributed by atoms with E-state index in [1.165, 1.54) is 42.1 Å². The van der Waals surface area contributed by atoms with Crippen LogP contribution in [0.3, 0.4) is 0 Å². The highest BCUT2D eigenvalue weighted by atomic mass is 19.4. The van der Waals surface area contributed by atoms with Crippen LogP contribution in [0.4, 0.5) is 17.6 Å². The predicted octanol–water partition coefficient (Wildman–Crippen LogP) is 2.52. The molecular formula is C13H11F4N3O. The summed E-state index contributed by atoms with van der Waals surface area (Å²) in [5.41, 5.74) is 0.912. The average molecular weight is 301 g/mol. The second kappa shape index (κ2) is 5.55. The first kappa shape index (κ1) is 15.0. The van der Waals surface area contributed by atoms with Gasteiger partial charge in [-0.15, -0.1) is 0 Å². The van der Waals surface area contributed by atoms with Crippen molar-refractivity contribution in [1.82, 2.24) is 15.1 Å². The summed E-state index contributed by atoms with van der Waals surface area (Å²) < 4.78 is 50.2. The number of halogens is 4. The highest BCUT2D eigenvalue weighted by Crippen LogP contribution is 2.19. The van der Waals surface area contributed by atoms with Gasteiger partial charge in [-0.25, -0.2) is 4.39 Å². The van der Waals surface area contributed by atoms with Crippen LogP contribution in [0.5, 0.6) is 0 Å². The van der Waals surface area contributed by atoms with Crippen LogP contribution >= 0.6 is 0 Å². The SMILES string of the molecule is Cn1nc(-c2ccc(F)cc2)cc1C(=O)NCC(F)(F)F. The lowest BCUT2D eigenvalue weighted by atomic mass is 10.1. The summed E-state index contributed by atoms with van der Waals surface area (Å²) in [5.74, 6) is -1.30. The van der Waals surface area contributed by atoms with Gasteiger partial charge in [0.15, 0.2) is 0 Å². The number of aromatic nitrogens is 2. The fourth-order valence-electron chi connectivity index (χ4n) is 1.71. The van der Waals surface area contributed by atoms with Crippen molar-refractivity contribution < 1.29 is 22.4 Å². The Morgan fingerprint density at radius 1 is 1.29 bits per heavy atom. The molecule has 2 aromatic rings. The Labute approximate surface area is 117 Å². The molecule has 0 radical (unpaired) electrons. The van der Waals surface area contributed by atoms with Crippen molar-refractivity contribution in [2.45, 2.75) is 6.18 Å². The average Bonchev–Trinajstić information content (AvgIpc) is 2.78. The second-order valence-electron chi connectivity index (χ2n) is 4.34. The normalized spacial score (nSPS) is 11.5. The molecule has 0 bridgehead atoms. The number of alkyl halides is 3. The van der Waals surface area contributed by atoms with Gasteiger partial charge in [0.25, 0.3) is 5.91 Å². The van der Waals surface area contributed by atoms with E-state index in [4.69, 9.17) is 0 Å². The van der Waals surface area contributed by atoms with E-state index in [1.54, 1.807) is 5.32 Å². The third-order valence-corrected chi connectivity index (χ3v) is 2.70. The lowest BCUT2D eigenvalue weighted by molar-refractivity contribution is -0.123. The summed E-state index contributed by atoms with van der Waals surface area (Å²) >= 11 is 0. The van der Waals surface area contributed by atoms with Crippen LogP contribution < -0.4 is 5.32 Å². The van der Waals surface area contributed by atoms with Crippen molar-refractivity contribution in [3.8, 4) is 11.3 Å². The number of amides is 1. The molecule has 4 nitrogen and oxygen atoms in total. The molecule has 112 valence electrons. The highest BCUT2D eigenvalue weighted by Gasteiger charge is 2.28. The molecule has 0 aliphatic rings. The van der Waals surface area contributed by atoms with Gasteiger partial charge < -0.3 is 5.32 Å². The molecule has 1 aromatic heterocycles. The summed E-state index contributed by atoms with van der Waals surface area (Å²) in [6.07, 6.45) is -4.48. The Balaban J connectivity index is 2.19. The van der Waals surface area contributed by atoms with Crippen LogP contribution in [0.1, 0.15) is 10.5 Å². The molecule has 0 unspecified atom stereocenters. The molecule has 1 amide bonds. The summed E-state index contributed by atoms with van der Waals surface area (Å²) in [4.78, 5) is 11.7. The van der Waals surface area contributed by atoms with Gasteiger partial charge >= 0.3 is 6.18 Å². The minimum absolute atomic E-state index is 0.0152. The molecule has 21 heavy (non-hydrogen) atoms. The van der Waals surface area contributed by atoms with Gasteiger partial charge in [-0.3, -0.25) is 9.48 Å². The highest BCUT2D eigenvalue weighted by molar-refractivity contribution is 5.93. The molecule has 0 atom stereocenters. The van der Waals surface area contributed by atoms with Gasteiger partial charge in [0.2, 0.25) is 0 Å². The van der Waals surface area contributed by atoms with E-state index in [-0.39, 0.29) is 5.69 Å². The molecule has 0 saturated carbocycles. The Morgan fingerprint density at radius 3 is 2.48 bits per heavy atom. The Bertz CT molecular complexity index is 646. The monoisotopic (exact) mass is 301 g/mol. The Morgan fingerprint density at radius 2 is 1.90 bits per heavy atom. The Hall–Kier alpha value is -2.38. The molecule has 1 N–H and O–H groups in total. The maximum Gasteiger partial charge on any atom is 0.405 e. The first-order chi connectivity index (χ1) is 9.76. The summed E-state index contributed by atoms with van der Waals surface area (Å²) in [6, 6.07) is 6.74. The smallest absolute Gasteiger partial charge is 0.342 e. The number of hydrogen-bond acceptors (Lipinski definition) is 2. The third kappa shape index (κ3) is 3.80. The lowest BCUT2D eigenvalue weighted by Gasteiger charge is -2.07. The van der Waals surface area contributed by atoms with E-state index in [2.05, 4.69) is 5.10 Å². The number of benzene rings is 1. The van der Waals surface area contributed by atoms with E-state index in [1.807, 2.05) is 0 Å². The fraction of sp³-hybridized carbons (Fsp3) is 0.231. The first-order valence-electron chi connectivity index (χ1n) is 5.91. The molecule has 0 spiro atoms. The lowest BCUT2D eigenvalue weighted by Crippen LogP contribution is -2.34. The maximum atomic E-state index is 12.8. The number of nitrogens with zero attached hydrogens (tertiary/aromatic N) is 2. The van der Waals surface area contributed by atoms with Gasteiger partial charge in [0.1, 0.15) is 18.1 Å². The first-order valence-corrected chi connectivity index (χ1v) is 5.91. The van der Waals surface area contributed by atoms with Crippen LogP contribution in [0.25, 0.3) is 11.3 Å². The number of nitrogens with one attached hydrogen (secondary N) is 1. The fourth-order valence-corrected chi connectivity index (χ4v) is 1.71. The topological polar surface area (TPSA) is 46.9 Å². The third-order valence-electron chi connectivity index (χ3n) is 2.70. The van der Waals surface area contributed by atoms with Crippen molar-refractivity contribution in [3.05, 3.63) is 41.8 Å². The number of aryl methyl sites for hydroxylation is 1. The van der Waals surface area contributed by atoms with Crippen LogP contribution in [-0.4, -0.2) is 28.4 Å². The van der Waals surface area contributed by atoms with Crippen molar-refractivity contribution in [1.29, 1.82) is 0 Å². The zero-order chi connectivity index (χ0) is 15.6. The number of rotatable bonds is 3. The predicted molar refractivity (Wildman–Crippen MR) is 67.0 cm³/mol. The number of carbonyl (C=O) groups excluding carboxylic acids is 1.